The molecular formula is C9H18N2O2. The topological polar surface area (TPSA) is 52.6 Å². The number of nitrogens with one attached hydrogen (secondary N) is 1. The minimum atomic E-state index is -0.299. The molecule has 0 aromatic rings. The van der Waals surface area contributed by atoms with Gasteiger partial charge in [-0.05, 0) is 33.4 Å². The standard InChI is InChI=1S/C9H18N2O2/c1-11(2)6-8(13)10-9(7-12)4-3-5-9/h12H,3-7H2,1-2H3,(H,10,13). The Kier molecular flexibility index (Phi) is 3.27. The monoisotopic (exact) mass is 186 g/mol. The third-order valence-corrected chi connectivity index (χ3v) is 2.48. The van der Waals surface area contributed by atoms with Crippen LogP contribution in [0.25, 0.3) is 0 Å². The molecule has 1 aliphatic rings. The zero-order valence-corrected chi connectivity index (χ0v) is 8.34. The largest absolute Gasteiger partial charge is 0.394 e. The Bertz CT molecular complexity index is 183. The van der Waals surface area contributed by atoms with Crippen LogP contribution in [0, 0.1) is 0 Å². The molecule has 0 unspecified atom stereocenters. The zero-order chi connectivity index (χ0) is 9.90. The molecule has 0 radical (unpaired) electrons. The molecule has 4 nitrogen and oxygen atoms in total. The lowest BCUT2D eigenvalue weighted by Crippen LogP contribution is -2.57. The summed E-state index contributed by atoms with van der Waals surface area (Å²) in [5.74, 6) is -0.00116. The SMILES string of the molecule is CN(C)CC(=O)NC1(CO)CCC1. The van der Waals surface area contributed by atoms with E-state index in [2.05, 4.69) is 5.32 Å². The van der Waals surface area contributed by atoms with E-state index in [0.29, 0.717) is 6.54 Å². The highest BCUT2D eigenvalue weighted by Gasteiger charge is 2.37. The van der Waals surface area contributed by atoms with Crippen molar-refractivity contribution in [3.63, 3.8) is 0 Å². The van der Waals surface area contributed by atoms with Gasteiger partial charge in [0.25, 0.3) is 0 Å². The van der Waals surface area contributed by atoms with Gasteiger partial charge in [0.05, 0.1) is 18.7 Å². The van der Waals surface area contributed by atoms with Crippen molar-refractivity contribution in [1.29, 1.82) is 0 Å². The van der Waals surface area contributed by atoms with Gasteiger partial charge in [-0.25, -0.2) is 0 Å². The van der Waals surface area contributed by atoms with Crippen molar-refractivity contribution in [2.75, 3.05) is 27.2 Å². The summed E-state index contributed by atoms with van der Waals surface area (Å²) in [5, 5.41) is 12.0. The number of aliphatic hydroxyl groups is 1. The van der Waals surface area contributed by atoms with Crippen LogP contribution in [0.1, 0.15) is 19.3 Å². The van der Waals surface area contributed by atoms with Crippen LogP contribution in [0.2, 0.25) is 0 Å². The number of amides is 1. The quantitative estimate of drug-likeness (QED) is 0.627. The second-order valence-corrected chi connectivity index (χ2v) is 4.08. The molecule has 0 spiro atoms. The van der Waals surface area contributed by atoms with Crippen LogP contribution < -0.4 is 5.32 Å². The molecule has 13 heavy (non-hydrogen) atoms. The zero-order valence-electron chi connectivity index (χ0n) is 8.34. The molecule has 0 aliphatic heterocycles. The molecule has 2 N–H and O–H groups in total. The Morgan fingerprint density at radius 3 is 2.46 bits per heavy atom. The molecule has 0 aromatic heterocycles. The Morgan fingerprint density at radius 2 is 2.15 bits per heavy atom. The molecule has 1 rings (SSSR count). The molecule has 1 aliphatic carbocycles. The highest BCUT2D eigenvalue weighted by atomic mass is 16.3. The van der Waals surface area contributed by atoms with E-state index in [-0.39, 0.29) is 18.1 Å². The summed E-state index contributed by atoms with van der Waals surface area (Å²) in [6, 6.07) is 0. The van der Waals surface area contributed by atoms with E-state index in [9.17, 15) is 4.79 Å². The second kappa shape index (κ2) is 4.07. The number of likely N-dealkylation sites (N-methyl/N-ethyl adjacent to an activating group) is 1. The smallest absolute Gasteiger partial charge is 0.234 e. The number of nitrogens with zero attached hydrogens (tertiary/aromatic N) is 1. The van der Waals surface area contributed by atoms with Gasteiger partial charge in [-0.15, -0.1) is 0 Å². The average molecular weight is 186 g/mol. The molecule has 1 saturated carbocycles. The third kappa shape index (κ3) is 2.67. The summed E-state index contributed by atoms with van der Waals surface area (Å²) in [6.07, 6.45) is 2.91. The van der Waals surface area contributed by atoms with Crippen LogP contribution >= 0.6 is 0 Å². The number of hydrogen-bond donors (Lipinski definition) is 2. The van der Waals surface area contributed by atoms with E-state index in [1.54, 1.807) is 0 Å². The molecule has 76 valence electrons. The number of rotatable bonds is 4. The van der Waals surface area contributed by atoms with Crippen molar-refractivity contribution < 1.29 is 9.90 Å². The minimum Gasteiger partial charge on any atom is -0.394 e. The number of carbonyl (C=O) groups is 1. The van der Waals surface area contributed by atoms with Crippen LogP contribution in [0.3, 0.4) is 0 Å². The normalized spacial score (nSPS) is 19.7. The molecular weight excluding hydrogens is 168 g/mol. The minimum absolute atomic E-state index is 0.00116. The van der Waals surface area contributed by atoms with Gasteiger partial charge in [0.1, 0.15) is 0 Å². The van der Waals surface area contributed by atoms with E-state index in [1.165, 1.54) is 0 Å². The lowest BCUT2D eigenvalue weighted by molar-refractivity contribution is -0.125. The maximum absolute atomic E-state index is 11.4. The first-order valence-corrected chi connectivity index (χ1v) is 4.65. The van der Waals surface area contributed by atoms with E-state index >= 15 is 0 Å². The van der Waals surface area contributed by atoms with Crippen molar-refractivity contribution in [2.45, 2.75) is 24.8 Å². The van der Waals surface area contributed by atoms with E-state index in [1.807, 2.05) is 19.0 Å². The third-order valence-electron chi connectivity index (χ3n) is 2.48. The molecule has 0 saturated heterocycles. The van der Waals surface area contributed by atoms with Gasteiger partial charge in [0.15, 0.2) is 0 Å². The fourth-order valence-electron chi connectivity index (χ4n) is 1.55. The molecule has 1 amide bonds. The molecule has 1 fully saturated rings. The van der Waals surface area contributed by atoms with Crippen LogP contribution in [0.5, 0.6) is 0 Å². The first-order valence-electron chi connectivity index (χ1n) is 4.65. The first kappa shape index (κ1) is 10.5. The van der Waals surface area contributed by atoms with E-state index in [0.717, 1.165) is 19.3 Å². The van der Waals surface area contributed by atoms with Gasteiger partial charge in [-0.1, -0.05) is 0 Å². The van der Waals surface area contributed by atoms with Gasteiger partial charge >= 0.3 is 0 Å². The van der Waals surface area contributed by atoms with Crippen LogP contribution in [0.4, 0.5) is 0 Å². The summed E-state index contributed by atoms with van der Waals surface area (Å²) < 4.78 is 0. The van der Waals surface area contributed by atoms with E-state index < -0.39 is 0 Å². The van der Waals surface area contributed by atoms with Gasteiger partial charge in [-0.2, -0.15) is 0 Å². The number of carbonyl (C=O) groups excluding carboxylic acids is 1. The van der Waals surface area contributed by atoms with Gasteiger partial charge in [-0.3, -0.25) is 4.79 Å². The summed E-state index contributed by atoms with van der Waals surface area (Å²) >= 11 is 0. The Morgan fingerprint density at radius 1 is 1.54 bits per heavy atom. The summed E-state index contributed by atoms with van der Waals surface area (Å²) in [7, 11) is 3.71. The second-order valence-electron chi connectivity index (χ2n) is 4.08. The molecule has 0 aromatic carbocycles. The summed E-state index contributed by atoms with van der Waals surface area (Å²) in [6.45, 7) is 0.452. The predicted octanol–water partition coefficient (Wildman–Crippen LogP) is -0.421. The molecule has 0 heterocycles. The summed E-state index contributed by atoms with van der Waals surface area (Å²) in [5.41, 5.74) is -0.299. The molecule has 4 heteroatoms. The van der Waals surface area contributed by atoms with Crippen molar-refractivity contribution in [1.82, 2.24) is 10.2 Å². The maximum Gasteiger partial charge on any atom is 0.234 e. The van der Waals surface area contributed by atoms with Crippen LogP contribution in [0.15, 0.2) is 0 Å². The van der Waals surface area contributed by atoms with Crippen LogP contribution in [-0.2, 0) is 4.79 Å². The molecule has 0 bridgehead atoms. The van der Waals surface area contributed by atoms with Crippen molar-refractivity contribution in [3.05, 3.63) is 0 Å². The van der Waals surface area contributed by atoms with Gasteiger partial charge in [0.2, 0.25) is 5.91 Å². The Hall–Kier alpha value is -0.610. The lowest BCUT2D eigenvalue weighted by atomic mass is 9.77. The fraction of sp³-hybridized carbons (Fsp3) is 0.889. The number of hydrogen-bond acceptors (Lipinski definition) is 3. The Balaban J connectivity index is 2.34. The highest BCUT2D eigenvalue weighted by Crippen LogP contribution is 2.30. The van der Waals surface area contributed by atoms with Crippen molar-refractivity contribution in [2.24, 2.45) is 0 Å². The highest BCUT2D eigenvalue weighted by molar-refractivity contribution is 5.79. The van der Waals surface area contributed by atoms with E-state index in [4.69, 9.17) is 5.11 Å². The van der Waals surface area contributed by atoms with Crippen LogP contribution in [-0.4, -0.2) is 48.7 Å². The molecule has 0 atom stereocenters. The fourth-order valence-corrected chi connectivity index (χ4v) is 1.55. The average Bonchev–Trinajstić information content (AvgIpc) is 1.95. The first-order chi connectivity index (χ1) is 6.08. The summed E-state index contributed by atoms with van der Waals surface area (Å²) in [4.78, 5) is 13.2. The van der Waals surface area contributed by atoms with Gasteiger partial charge < -0.3 is 15.3 Å². The predicted molar refractivity (Wildman–Crippen MR) is 50.4 cm³/mol. The van der Waals surface area contributed by atoms with Crippen molar-refractivity contribution >= 4 is 5.91 Å². The maximum atomic E-state index is 11.4. The van der Waals surface area contributed by atoms with Crippen molar-refractivity contribution in [3.8, 4) is 0 Å². The number of aliphatic hydroxyl groups excluding tert-OH is 1. The van der Waals surface area contributed by atoms with Gasteiger partial charge in [0, 0.05) is 0 Å². The Labute approximate surface area is 78.9 Å². The lowest BCUT2D eigenvalue weighted by Gasteiger charge is -2.41.